The lowest BCUT2D eigenvalue weighted by Crippen LogP contribution is -2.55. The molecule has 0 bridgehead atoms. The van der Waals surface area contributed by atoms with Crippen LogP contribution < -0.4 is 30.2 Å². The Morgan fingerprint density at radius 2 is 0.593 bits per heavy atom. The van der Waals surface area contributed by atoms with Crippen molar-refractivity contribution < 1.29 is 0 Å². The van der Waals surface area contributed by atoms with Crippen LogP contribution in [-0.2, 0) is 0 Å². The van der Waals surface area contributed by atoms with Crippen LogP contribution in [0.1, 0.15) is 0 Å². The third-order valence-corrected chi connectivity index (χ3v) is 13.0. The van der Waals surface area contributed by atoms with Gasteiger partial charge in [-0.05, 0) is 71.6 Å². The highest BCUT2D eigenvalue weighted by atomic mass is 32.1. The molecule has 2 aliphatic heterocycles. The van der Waals surface area contributed by atoms with Crippen LogP contribution in [0.3, 0.4) is 0 Å². The van der Waals surface area contributed by atoms with E-state index < -0.39 is 0 Å². The largest absolute Gasteiger partial charge is 0.421 e. The quantitative estimate of drug-likeness (QED) is 0.158. The molecule has 0 spiro atoms. The molecule has 8 heteroatoms. The zero-order valence-corrected chi connectivity index (χ0v) is 30.9. The average molecular weight is 727 g/mol. The van der Waals surface area contributed by atoms with Crippen molar-refractivity contribution in [3.63, 3.8) is 0 Å². The Morgan fingerprint density at radius 1 is 0.296 bits per heavy atom. The molecule has 0 aliphatic carbocycles. The van der Waals surface area contributed by atoms with Gasteiger partial charge in [0.2, 0.25) is 0 Å². The molecule has 9 aromatic rings. The Morgan fingerprint density at radius 3 is 0.944 bits per heavy atom. The fourth-order valence-corrected chi connectivity index (χ4v) is 10.9. The fourth-order valence-electron chi connectivity index (χ4n) is 8.38. The molecular weight excluding hydrogens is 694 g/mol. The zero-order valence-electron chi connectivity index (χ0n) is 29.2. The molecule has 54 heavy (non-hydrogen) atoms. The van der Waals surface area contributed by atoms with E-state index in [-0.39, 0.29) is 14.0 Å². The number of benzene rings is 7. The van der Waals surface area contributed by atoms with Crippen LogP contribution in [0.5, 0.6) is 0 Å². The van der Waals surface area contributed by atoms with Crippen molar-refractivity contribution in [3.8, 4) is 0 Å². The lowest BCUT2D eigenvalue weighted by Gasteiger charge is -2.32. The van der Waals surface area contributed by atoms with E-state index in [0.29, 0.717) is 0 Å². The molecule has 0 radical (unpaired) electrons. The molecular formula is C46H32B2N4S2. The molecule has 0 saturated heterocycles. The van der Waals surface area contributed by atoms with E-state index in [2.05, 4.69) is 213 Å². The van der Waals surface area contributed by atoms with Crippen molar-refractivity contribution in [2.75, 3.05) is 19.2 Å². The van der Waals surface area contributed by atoms with Gasteiger partial charge in [0.05, 0.1) is 11.4 Å². The Hall–Kier alpha value is -6.21. The van der Waals surface area contributed by atoms with Gasteiger partial charge in [0.15, 0.2) is 0 Å². The van der Waals surface area contributed by atoms with Gasteiger partial charge in [0.25, 0.3) is 0 Å². The van der Waals surface area contributed by atoms with E-state index in [0.717, 1.165) is 0 Å². The summed E-state index contributed by atoms with van der Waals surface area (Å²) < 4.78 is 2.59. The van der Waals surface area contributed by atoms with Crippen molar-refractivity contribution in [1.82, 2.24) is 0 Å². The van der Waals surface area contributed by atoms with Crippen LogP contribution in [0.25, 0.3) is 20.2 Å². The summed E-state index contributed by atoms with van der Waals surface area (Å²) in [5.41, 5.74) is 9.68. The number of rotatable bonds is 6. The minimum absolute atomic E-state index is 0.0840. The second kappa shape index (κ2) is 12.7. The summed E-state index contributed by atoms with van der Waals surface area (Å²) >= 11 is 3.74. The number of fused-ring (bicyclic) bond motifs is 6. The third-order valence-electron chi connectivity index (χ3n) is 10.7. The Balaban J connectivity index is 1.09. The SMILES string of the molecule is c1ccc(N2B(c3ccc(B4N(c5ccccc5)c5sc6ccccc6c5N4c4ccccc4)cc3)N(c3ccccc3)c3c2sc2ccccc32)cc1. The number of nitrogens with zero attached hydrogens (tertiary/aromatic N) is 4. The topological polar surface area (TPSA) is 13.0 Å². The number of anilines is 8. The van der Waals surface area contributed by atoms with E-state index >= 15 is 0 Å². The number of hydrogen-bond donors (Lipinski definition) is 0. The molecule has 254 valence electrons. The molecule has 11 rings (SSSR count). The fraction of sp³-hybridized carbons (Fsp3) is 0. The van der Waals surface area contributed by atoms with E-state index in [9.17, 15) is 0 Å². The number of para-hydroxylation sites is 4. The van der Waals surface area contributed by atoms with Crippen LogP contribution in [0.2, 0.25) is 0 Å². The van der Waals surface area contributed by atoms with Crippen molar-refractivity contribution in [1.29, 1.82) is 0 Å². The Labute approximate surface area is 323 Å². The van der Waals surface area contributed by atoms with Gasteiger partial charge in [-0.25, -0.2) is 0 Å². The first-order valence-corrected chi connectivity index (χ1v) is 20.0. The summed E-state index contributed by atoms with van der Waals surface area (Å²) in [4.78, 5) is 10.2. The second-order valence-corrected chi connectivity index (χ2v) is 15.8. The maximum atomic E-state index is 2.54. The standard InChI is InChI=1S/C46H32B2N4S2/c1-5-17-35(18-6-1)49-43-39-25-13-15-27-41(39)53-45(43)51(37-21-9-3-10-22-37)47(49)33-29-31-34(32-30-33)48-50(36-19-7-2-8-20-36)44-40-26-14-16-28-42(40)54-46(44)52(48)38-23-11-4-12-24-38/h1-32H. The van der Waals surface area contributed by atoms with Crippen LogP contribution >= 0.6 is 22.7 Å². The van der Waals surface area contributed by atoms with Gasteiger partial charge in [0, 0.05) is 42.9 Å². The van der Waals surface area contributed by atoms with Crippen LogP contribution in [0.15, 0.2) is 194 Å². The molecule has 0 unspecified atom stereocenters. The van der Waals surface area contributed by atoms with Gasteiger partial charge in [-0.1, -0.05) is 133 Å². The van der Waals surface area contributed by atoms with Gasteiger partial charge in [0.1, 0.15) is 10.0 Å². The number of thiophene rings is 2. The summed E-state index contributed by atoms with van der Waals surface area (Å²) in [6.45, 7) is -0.168. The lowest BCUT2D eigenvalue weighted by atomic mass is 9.60. The summed E-state index contributed by atoms with van der Waals surface area (Å²) in [6, 6.07) is 70.6. The van der Waals surface area contributed by atoms with Crippen LogP contribution in [0.4, 0.5) is 44.1 Å². The van der Waals surface area contributed by atoms with E-state index in [1.807, 2.05) is 22.7 Å². The summed E-state index contributed by atoms with van der Waals surface area (Å²) in [5, 5.41) is 5.08. The van der Waals surface area contributed by atoms with Crippen LogP contribution in [-0.4, -0.2) is 14.0 Å². The van der Waals surface area contributed by atoms with Crippen molar-refractivity contribution in [2.45, 2.75) is 0 Å². The first-order chi connectivity index (χ1) is 26.8. The smallest absolute Gasteiger partial charge is 0.359 e. The highest BCUT2D eigenvalue weighted by Gasteiger charge is 2.48. The minimum Gasteiger partial charge on any atom is -0.359 e. The average Bonchev–Trinajstić information content (AvgIpc) is 3.98. The van der Waals surface area contributed by atoms with Gasteiger partial charge in [-0.3, -0.25) is 0 Å². The predicted octanol–water partition coefficient (Wildman–Crippen LogP) is 11.5. The molecule has 7 aromatic carbocycles. The van der Waals surface area contributed by atoms with Crippen molar-refractivity contribution >= 4 is 112 Å². The van der Waals surface area contributed by atoms with Crippen LogP contribution in [0, 0.1) is 0 Å². The maximum absolute atomic E-state index is 2.54. The van der Waals surface area contributed by atoms with Gasteiger partial charge < -0.3 is 19.2 Å². The zero-order chi connectivity index (χ0) is 35.6. The lowest BCUT2D eigenvalue weighted by molar-refractivity contribution is 1.39. The maximum Gasteiger partial charge on any atom is 0.421 e. The molecule has 0 N–H and O–H groups in total. The summed E-state index contributed by atoms with van der Waals surface area (Å²) in [6.07, 6.45) is 0. The predicted molar refractivity (Wildman–Crippen MR) is 235 cm³/mol. The monoisotopic (exact) mass is 726 g/mol. The molecule has 4 nitrogen and oxygen atoms in total. The highest BCUT2D eigenvalue weighted by molar-refractivity contribution is 7.26. The van der Waals surface area contributed by atoms with E-state index in [1.54, 1.807) is 0 Å². The first kappa shape index (κ1) is 31.3. The molecule has 0 fully saturated rings. The van der Waals surface area contributed by atoms with Gasteiger partial charge in [-0.15, -0.1) is 22.7 Å². The minimum atomic E-state index is -0.0840. The second-order valence-electron chi connectivity index (χ2n) is 13.7. The molecule has 4 heterocycles. The Kier molecular flexibility index (Phi) is 7.38. The Bertz CT molecular complexity index is 2570. The highest BCUT2D eigenvalue weighted by Crippen LogP contribution is 2.56. The summed E-state index contributed by atoms with van der Waals surface area (Å²) in [7, 11) is 0. The molecule has 0 amide bonds. The molecule has 2 aliphatic rings. The number of hydrogen-bond acceptors (Lipinski definition) is 6. The van der Waals surface area contributed by atoms with E-state index in [4.69, 9.17) is 0 Å². The molecule has 0 atom stereocenters. The first-order valence-electron chi connectivity index (χ1n) is 18.3. The molecule has 0 saturated carbocycles. The van der Waals surface area contributed by atoms with Gasteiger partial charge in [-0.2, -0.15) is 0 Å². The molecule has 2 aromatic heterocycles. The summed E-state index contributed by atoms with van der Waals surface area (Å²) in [5.74, 6) is 0. The van der Waals surface area contributed by atoms with Crippen molar-refractivity contribution in [2.24, 2.45) is 0 Å². The van der Waals surface area contributed by atoms with Crippen molar-refractivity contribution in [3.05, 3.63) is 194 Å². The normalized spacial score (nSPS) is 13.7. The van der Waals surface area contributed by atoms with Gasteiger partial charge >= 0.3 is 14.0 Å². The van der Waals surface area contributed by atoms with E-state index in [1.165, 1.54) is 75.2 Å². The third kappa shape index (κ3) is 4.84.